The molecule has 0 saturated carbocycles. The summed E-state index contributed by atoms with van der Waals surface area (Å²) in [6, 6.07) is 15.6. The van der Waals surface area contributed by atoms with Gasteiger partial charge in [-0.05, 0) is 24.6 Å². The molecular weight excluding hydrogens is 410 g/mol. The van der Waals surface area contributed by atoms with Gasteiger partial charge in [-0.25, -0.2) is 13.4 Å². The Morgan fingerprint density at radius 2 is 1.60 bits per heavy atom. The molecule has 3 aromatic rings. The number of halogens is 2. The number of hydrogen-bond acceptors (Lipinski definition) is 4. The van der Waals surface area contributed by atoms with Crippen molar-refractivity contribution < 1.29 is 17.2 Å². The Kier molecular flexibility index (Phi) is 5.86. The van der Waals surface area contributed by atoms with E-state index in [0.29, 0.717) is 43.0 Å². The molecule has 30 heavy (non-hydrogen) atoms. The Balaban J connectivity index is 1.48. The van der Waals surface area contributed by atoms with Crippen molar-refractivity contribution >= 4 is 21.1 Å². The average molecular weight is 435 g/mol. The molecule has 4 rings (SSSR count). The second-order valence-electron chi connectivity index (χ2n) is 7.46. The van der Waals surface area contributed by atoms with Crippen molar-refractivity contribution in [1.82, 2.24) is 18.8 Å². The van der Waals surface area contributed by atoms with Crippen LogP contribution in [0.5, 0.6) is 0 Å². The molecule has 0 N–H and O–H groups in total. The maximum Gasteiger partial charge on any atom is 0.320 e. The summed E-state index contributed by atoms with van der Waals surface area (Å²) in [5.41, 5.74) is 1.68. The van der Waals surface area contributed by atoms with E-state index in [1.54, 1.807) is 36.4 Å². The Hall–Kier alpha value is -2.36. The number of benzene rings is 2. The quantitative estimate of drug-likeness (QED) is 0.594. The fraction of sp³-hybridized carbons (Fsp3) is 0.381. The number of sulfonamides is 1. The van der Waals surface area contributed by atoms with Crippen LogP contribution in [0.3, 0.4) is 0 Å². The van der Waals surface area contributed by atoms with Gasteiger partial charge in [-0.3, -0.25) is 9.47 Å². The lowest BCUT2D eigenvalue weighted by molar-refractivity contribution is 0.0616. The van der Waals surface area contributed by atoms with Crippen molar-refractivity contribution in [2.45, 2.75) is 25.3 Å². The minimum Gasteiger partial charge on any atom is -0.291 e. The van der Waals surface area contributed by atoms with E-state index in [1.165, 1.54) is 4.31 Å². The fourth-order valence-corrected chi connectivity index (χ4v) is 5.49. The number of para-hydroxylation sites is 2. The molecule has 9 heteroatoms. The summed E-state index contributed by atoms with van der Waals surface area (Å²) in [4.78, 5) is 6.45. The number of hydrogen-bond donors (Lipinski definition) is 0. The monoisotopic (exact) mass is 434 g/mol. The van der Waals surface area contributed by atoms with Crippen LogP contribution in [-0.4, -0.2) is 53.4 Å². The fourth-order valence-electron chi connectivity index (χ4n) is 3.97. The zero-order valence-electron chi connectivity index (χ0n) is 16.7. The predicted octanol–water partition coefficient (Wildman–Crippen LogP) is 3.64. The van der Waals surface area contributed by atoms with Crippen molar-refractivity contribution in [3.05, 3.63) is 66.0 Å². The first-order valence-electron chi connectivity index (χ1n) is 9.87. The van der Waals surface area contributed by atoms with Crippen molar-refractivity contribution in [2.24, 2.45) is 0 Å². The normalized spacial score (nSPS) is 17.6. The van der Waals surface area contributed by atoms with Crippen LogP contribution in [0.15, 0.2) is 54.6 Å². The Bertz CT molecular complexity index is 1110. The highest BCUT2D eigenvalue weighted by Gasteiger charge is 2.32. The molecular formula is C21H24F2N4O2S. The van der Waals surface area contributed by atoms with Gasteiger partial charge in [-0.2, -0.15) is 13.1 Å². The molecule has 0 bridgehead atoms. The molecule has 1 aliphatic heterocycles. The first-order chi connectivity index (χ1) is 14.4. The molecule has 0 aliphatic carbocycles. The maximum atomic E-state index is 13.8. The first kappa shape index (κ1) is 20.9. The number of fused-ring (bicyclic) bond motifs is 1. The first-order valence-corrected chi connectivity index (χ1v) is 11.5. The second-order valence-corrected chi connectivity index (χ2v) is 9.43. The van der Waals surface area contributed by atoms with E-state index in [-0.39, 0.29) is 11.8 Å². The Labute approximate surface area is 174 Å². The molecule has 1 aromatic heterocycles. The molecule has 160 valence electrons. The maximum absolute atomic E-state index is 13.8. The lowest BCUT2D eigenvalue weighted by Crippen LogP contribution is -2.49. The van der Waals surface area contributed by atoms with E-state index in [0.717, 1.165) is 10.1 Å². The summed E-state index contributed by atoms with van der Waals surface area (Å²) < 4.78 is 55.5. The van der Waals surface area contributed by atoms with Gasteiger partial charge in [0.1, 0.15) is 5.82 Å². The zero-order valence-corrected chi connectivity index (χ0v) is 17.5. The van der Waals surface area contributed by atoms with Crippen LogP contribution < -0.4 is 0 Å². The third-order valence-corrected chi connectivity index (χ3v) is 7.45. The number of alkyl halides is 2. The molecule has 0 unspecified atom stereocenters. The summed E-state index contributed by atoms with van der Waals surface area (Å²) in [6.45, 7) is 0.725. The molecule has 1 fully saturated rings. The van der Waals surface area contributed by atoms with Gasteiger partial charge in [-0.15, -0.1) is 0 Å². The number of rotatable bonds is 6. The standard InChI is InChI=1S/C21H24F2N4O2S/c1-16(20-24-18-9-5-6-10-19(18)27(20)21(22)23)25-11-13-26(14-12-25)30(28,29)15-17-7-3-2-4-8-17/h2-10,16,21H,11-15H2,1H3/t16-/m0/s1. The molecule has 1 saturated heterocycles. The Morgan fingerprint density at radius 1 is 0.967 bits per heavy atom. The second kappa shape index (κ2) is 8.41. The molecule has 0 amide bonds. The highest BCUT2D eigenvalue weighted by Crippen LogP contribution is 2.30. The van der Waals surface area contributed by atoms with Crippen LogP contribution in [0.2, 0.25) is 0 Å². The van der Waals surface area contributed by atoms with Gasteiger partial charge in [-0.1, -0.05) is 42.5 Å². The largest absolute Gasteiger partial charge is 0.320 e. The van der Waals surface area contributed by atoms with E-state index in [4.69, 9.17) is 0 Å². The summed E-state index contributed by atoms with van der Waals surface area (Å²) in [5.74, 6) is 0.261. The topological polar surface area (TPSA) is 58.4 Å². The number of aromatic nitrogens is 2. The summed E-state index contributed by atoms with van der Waals surface area (Å²) in [6.07, 6.45) is 0. The van der Waals surface area contributed by atoms with Gasteiger partial charge < -0.3 is 0 Å². The lowest BCUT2D eigenvalue weighted by Gasteiger charge is -2.37. The molecule has 2 heterocycles. The SMILES string of the molecule is C[C@@H](c1nc2ccccc2n1C(F)F)N1CCN(S(=O)(=O)Cc2ccccc2)CC1. The number of piperazine rings is 1. The third kappa shape index (κ3) is 4.10. The molecule has 0 radical (unpaired) electrons. The van der Waals surface area contributed by atoms with E-state index < -0.39 is 16.6 Å². The van der Waals surface area contributed by atoms with Crippen LogP contribution in [0.25, 0.3) is 11.0 Å². The van der Waals surface area contributed by atoms with E-state index in [2.05, 4.69) is 4.98 Å². The minimum atomic E-state index is -3.43. The molecule has 0 spiro atoms. The van der Waals surface area contributed by atoms with Gasteiger partial charge >= 0.3 is 6.55 Å². The van der Waals surface area contributed by atoms with Crippen LogP contribution in [0, 0.1) is 0 Å². The predicted molar refractivity (Wildman–Crippen MR) is 112 cm³/mol. The van der Waals surface area contributed by atoms with Gasteiger partial charge in [0.05, 0.1) is 22.8 Å². The van der Waals surface area contributed by atoms with Gasteiger partial charge in [0, 0.05) is 26.2 Å². The molecule has 6 nitrogen and oxygen atoms in total. The molecule has 1 atom stereocenters. The summed E-state index contributed by atoms with van der Waals surface area (Å²) in [5, 5.41) is 0. The van der Waals surface area contributed by atoms with Crippen molar-refractivity contribution in [3.63, 3.8) is 0 Å². The highest BCUT2D eigenvalue weighted by molar-refractivity contribution is 7.88. The van der Waals surface area contributed by atoms with Gasteiger partial charge in [0.15, 0.2) is 0 Å². The summed E-state index contributed by atoms with van der Waals surface area (Å²) >= 11 is 0. The number of imidazole rings is 1. The third-order valence-electron chi connectivity index (χ3n) is 5.60. The summed E-state index contributed by atoms with van der Waals surface area (Å²) in [7, 11) is -3.43. The zero-order chi connectivity index (χ0) is 21.3. The van der Waals surface area contributed by atoms with Crippen LogP contribution in [-0.2, 0) is 15.8 Å². The lowest BCUT2D eigenvalue weighted by atomic mass is 10.2. The smallest absolute Gasteiger partial charge is 0.291 e. The van der Waals surface area contributed by atoms with Crippen LogP contribution in [0.4, 0.5) is 8.78 Å². The number of nitrogens with zero attached hydrogens (tertiary/aromatic N) is 4. The molecule has 2 aromatic carbocycles. The minimum absolute atomic E-state index is 0.0371. The van der Waals surface area contributed by atoms with Crippen LogP contribution >= 0.6 is 0 Å². The molecule has 1 aliphatic rings. The van der Waals surface area contributed by atoms with Gasteiger partial charge in [0.25, 0.3) is 0 Å². The van der Waals surface area contributed by atoms with E-state index >= 15 is 0 Å². The highest BCUT2D eigenvalue weighted by atomic mass is 32.2. The van der Waals surface area contributed by atoms with E-state index in [1.807, 2.05) is 30.0 Å². The average Bonchev–Trinajstić information content (AvgIpc) is 3.13. The van der Waals surface area contributed by atoms with Crippen molar-refractivity contribution in [3.8, 4) is 0 Å². The van der Waals surface area contributed by atoms with Crippen molar-refractivity contribution in [1.29, 1.82) is 0 Å². The van der Waals surface area contributed by atoms with Gasteiger partial charge in [0.2, 0.25) is 10.0 Å². The van der Waals surface area contributed by atoms with Crippen molar-refractivity contribution in [2.75, 3.05) is 26.2 Å². The van der Waals surface area contributed by atoms with E-state index in [9.17, 15) is 17.2 Å². The Morgan fingerprint density at radius 3 is 2.27 bits per heavy atom. The van der Waals surface area contributed by atoms with Crippen LogP contribution in [0.1, 0.15) is 30.9 Å².